The van der Waals surface area contributed by atoms with E-state index in [1.165, 1.54) is 23.9 Å². The summed E-state index contributed by atoms with van der Waals surface area (Å²) in [6.07, 6.45) is 1.85. The summed E-state index contributed by atoms with van der Waals surface area (Å²) in [7, 11) is 0. The molecule has 4 rings (SSSR count). The molecule has 1 aliphatic rings. The van der Waals surface area contributed by atoms with Crippen molar-refractivity contribution in [3.05, 3.63) is 70.0 Å². The van der Waals surface area contributed by atoms with Gasteiger partial charge < -0.3 is 4.74 Å². The number of thioether (sulfide) groups is 1. The summed E-state index contributed by atoms with van der Waals surface area (Å²) >= 11 is 1.27. The average Bonchev–Trinajstić information content (AvgIpc) is 3.17. The van der Waals surface area contributed by atoms with Gasteiger partial charge >= 0.3 is 0 Å². The van der Waals surface area contributed by atoms with Crippen LogP contribution in [-0.4, -0.2) is 22.3 Å². The molecule has 4 nitrogen and oxygen atoms in total. The lowest BCUT2D eigenvalue weighted by atomic mass is 10.2. The zero-order valence-electron chi connectivity index (χ0n) is 14.5. The van der Waals surface area contributed by atoms with Crippen LogP contribution < -0.4 is 5.56 Å². The van der Waals surface area contributed by atoms with E-state index < -0.39 is 11.6 Å². The first-order chi connectivity index (χ1) is 13.1. The monoisotopic (exact) mass is 388 g/mol. The Kier molecular flexibility index (Phi) is 5.22. The van der Waals surface area contributed by atoms with E-state index in [-0.39, 0.29) is 17.4 Å². The van der Waals surface area contributed by atoms with Crippen molar-refractivity contribution >= 4 is 22.7 Å². The normalized spacial score (nSPS) is 16.9. The highest BCUT2D eigenvalue weighted by Gasteiger charge is 2.20. The third-order valence-corrected chi connectivity index (χ3v) is 5.63. The number of ether oxygens (including phenoxy) is 1. The molecule has 0 aliphatic carbocycles. The van der Waals surface area contributed by atoms with Crippen LogP contribution in [0.5, 0.6) is 0 Å². The van der Waals surface area contributed by atoms with Crippen molar-refractivity contribution in [3.8, 4) is 0 Å². The van der Waals surface area contributed by atoms with Crippen molar-refractivity contribution in [3.63, 3.8) is 0 Å². The highest BCUT2D eigenvalue weighted by molar-refractivity contribution is 7.98. The molecule has 0 amide bonds. The van der Waals surface area contributed by atoms with Crippen LogP contribution in [-0.2, 0) is 17.0 Å². The fourth-order valence-electron chi connectivity index (χ4n) is 3.19. The van der Waals surface area contributed by atoms with Crippen molar-refractivity contribution in [2.75, 3.05) is 6.61 Å². The van der Waals surface area contributed by atoms with Gasteiger partial charge in [-0.15, -0.1) is 0 Å². The largest absolute Gasteiger partial charge is 0.376 e. The van der Waals surface area contributed by atoms with Gasteiger partial charge in [0.25, 0.3) is 5.56 Å². The average molecular weight is 388 g/mol. The van der Waals surface area contributed by atoms with Gasteiger partial charge in [-0.25, -0.2) is 13.8 Å². The number of para-hydroxylation sites is 1. The van der Waals surface area contributed by atoms with Gasteiger partial charge in [0.1, 0.15) is 11.6 Å². The second-order valence-electron chi connectivity index (χ2n) is 6.49. The zero-order valence-corrected chi connectivity index (χ0v) is 15.3. The van der Waals surface area contributed by atoms with Crippen LogP contribution in [0.25, 0.3) is 10.9 Å². The van der Waals surface area contributed by atoms with E-state index in [0.717, 1.165) is 18.9 Å². The molecule has 0 unspecified atom stereocenters. The quantitative estimate of drug-likeness (QED) is 0.487. The fraction of sp³-hybridized carbons (Fsp3) is 0.300. The predicted octanol–water partition coefficient (Wildman–Crippen LogP) is 4.15. The molecular formula is C20H18F2N2O2S. The number of aromatic nitrogens is 2. The Labute approximate surface area is 159 Å². The van der Waals surface area contributed by atoms with Gasteiger partial charge in [0, 0.05) is 18.4 Å². The lowest BCUT2D eigenvalue weighted by molar-refractivity contribution is 0.0937. The highest BCUT2D eigenvalue weighted by Crippen LogP contribution is 2.25. The molecule has 3 aromatic rings. The van der Waals surface area contributed by atoms with Crippen LogP contribution in [0, 0.1) is 11.6 Å². The topological polar surface area (TPSA) is 44.1 Å². The SMILES string of the molecule is O=c1c2ccccc2nc(SCc2ccc(F)cc2F)n1C[C@@H]1CCCO1. The number of hydrogen-bond donors (Lipinski definition) is 0. The lowest BCUT2D eigenvalue weighted by Crippen LogP contribution is -2.28. The van der Waals surface area contributed by atoms with Gasteiger partial charge in [-0.2, -0.15) is 0 Å². The minimum atomic E-state index is -0.611. The molecule has 1 fully saturated rings. The second-order valence-corrected chi connectivity index (χ2v) is 7.43. The van der Waals surface area contributed by atoms with E-state index in [0.29, 0.717) is 34.8 Å². The molecule has 2 aromatic carbocycles. The Morgan fingerprint density at radius 3 is 2.85 bits per heavy atom. The van der Waals surface area contributed by atoms with Crippen molar-refractivity contribution < 1.29 is 13.5 Å². The molecule has 0 N–H and O–H groups in total. The zero-order chi connectivity index (χ0) is 18.8. The van der Waals surface area contributed by atoms with Gasteiger partial charge in [-0.1, -0.05) is 30.0 Å². The first-order valence-electron chi connectivity index (χ1n) is 8.80. The number of nitrogens with zero attached hydrogens (tertiary/aromatic N) is 2. The number of benzene rings is 2. The van der Waals surface area contributed by atoms with Crippen LogP contribution in [0.15, 0.2) is 52.4 Å². The summed E-state index contributed by atoms with van der Waals surface area (Å²) in [6.45, 7) is 1.12. The maximum atomic E-state index is 14.0. The van der Waals surface area contributed by atoms with Crippen LogP contribution in [0.3, 0.4) is 0 Å². The molecule has 7 heteroatoms. The molecular weight excluding hydrogens is 370 g/mol. The van der Waals surface area contributed by atoms with E-state index in [4.69, 9.17) is 4.74 Å². The van der Waals surface area contributed by atoms with Gasteiger partial charge in [-0.3, -0.25) is 9.36 Å². The van der Waals surface area contributed by atoms with Crippen LogP contribution in [0.4, 0.5) is 8.78 Å². The first-order valence-corrected chi connectivity index (χ1v) is 9.78. The highest BCUT2D eigenvalue weighted by atomic mass is 32.2. The Morgan fingerprint density at radius 2 is 2.07 bits per heavy atom. The number of hydrogen-bond acceptors (Lipinski definition) is 4. The van der Waals surface area contributed by atoms with Crippen molar-refractivity contribution in [2.24, 2.45) is 0 Å². The summed E-state index contributed by atoms with van der Waals surface area (Å²) in [5.41, 5.74) is 0.846. The number of halogens is 2. The van der Waals surface area contributed by atoms with E-state index in [1.807, 2.05) is 12.1 Å². The summed E-state index contributed by atoms with van der Waals surface area (Å²) in [4.78, 5) is 17.6. The molecule has 2 heterocycles. The van der Waals surface area contributed by atoms with E-state index in [2.05, 4.69) is 4.98 Å². The molecule has 27 heavy (non-hydrogen) atoms. The smallest absolute Gasteiger partial charge is 0.262 e. The maximum Gasteiger partial charge on any atom is 0.262 e. The van der Waals surface area contributed by atoms with E-state index >= 15 is 0 Å². The third-order valence-electron chi connectivity index (χ3n) is 4.61. The van der Waals surface area contributed by atoms with Crippen molar-refractivity contribution in [1.82, 2.24) is 9.55 Å². The second kappa shape index (κ2) is 7.78. The van der Waals surface area contributed by atoms with Gasteiger partial charge in [0.15, 0.2) is 5.16 Å². The molecule has 0 radical (unpaired) electrons. The summed E-state index contributed by atoms with van der Waals surface area (Å²) in [5.74, 6) is -0.959. The van der Waals surface area contributed by atoms with E-state index in [1.54, 1.807) is 16.7 Å². The van der Waals surface area contributed by atoms with Crippen molar-refractivity contribution in [1.29, 1.82) is 0 Å². The Balaban J connectivity index is 1.69. The number of rotatable bonds is 5. The molecule has 140 valence electrons. The lowest BCUT2D eigenvalue weighted by Gasteiger charge is -2.16. The van der Waals surface area contributed by atoms with Crippen LogP contribution in [0.1, 0.15) is 18.4 Å². The summed E-state index contributed by atoms with van der Waals surface area (Å²) in [5, 5.41) is 1.06. The molecule has 0 saturated carbocycles. The predicted molar refractivity (Wildman–Crippen MR) is 101 cm³/mol. The number of fused-ring (bicyclic) bond motifs is 1. The molecule has 1 atom stereocenters. The van der Waals surface area contributed by atoms with Crippen LogP contribution in [0.2, 0.25) is 0 Å². The Hall–Kier alpha value is -2.25. The minimum absolute atomic E-state index is 0.0208. The van der Waals surface area contributed by atoms with Gasteiger partial charge in [0.2, 0.25) is 0 Å². The third kappa shape index (κ3) is 3.89. The fourth-order valence-corrected chi connectivity index (χ4v) is 4.19. The molecule has 1 aromatic heterocycles. The maximum absolute atomic E-state index is 14.0. The first kappa shape index (κ1) is 18.1. The summed E-state index contributed by atoms with van der Waals surface area (Å²) < 4.78 is 34.4. The molecule has 1 aliphatic heterocycles. The standard InChI is InChI=1S/C20H18F2N2O2S/c21-14-8-7-13(17(22)10-14)12-27-20-23-18-6-2-1-5-16(18)19(25)24(20)11-15-4-3-9-26-15/h1-2,5-8,10,15H,3-4,9,11-12H2/t15-/m0/s1. The Bertz CT molecular complexity index is 1030. The van der Waals surface area contributed by atoms with E-state index in [9.17, 15) is 13.6 Å². The van der Waals surface area contributed by atoms with Gasteiger partial charge in [-0.05, 0) is 36.6 Å². The molecule has 1 saturated heterocycles. The van der Waals surface area contributed by atoms with Gasteiger partial charge in [0.05, 0.1) is 23.6 Å². The molecule has 0 bridgehead atoms. The summed E-state index contributed by atoms with van der Waals surface area (Å²) in [6, 6.07) is 10.7. The van der Waals surface area contributed by atoms with Crippen molar-refractivity contribution in [2.45, 2.75) is 36.4 Å². The minimum Gasteiger partial charge on any atom is -0.376 e. The Morgan fingerprint density at radius 1 is 1.22 bits per heavy atom. The van der Waals surface area contributed by atoms with Crippen LogP contribution >= 0.6 is 11.8 Å². The molecule has 0 spiro atoms.